The third kappa shape index (κ3) is 1.76. The van der Waals surface area contributed by atoms with E-state index < -0.39 is 0 Å². The maximum absolute atomic E-state index is 9.05. The minimum atomic E-state index is 0.00449. The maximum atomic E-state index is 9.05. The molecule has 0 unspecified atom stereocenters. The molecule has 76 valence electrons. The van der Waals surface area contributed by atoms with Gasteiger partial charge in [-0.3, -0.25) is 0 Å². The second-order valence-electron chi connectivity index (χ2n) is 4.35. The average molecular weight is 208 g/mol. The van der Waals surface area contributed by atoms with Gasteiger partial charge in [-0.1, -0.05) is 27.7 Å². The molecule has 1 aromatic rings. The number of nitrogens with two attached hydrogens (primary N) is 1. The molecule has 1 rings (SSSR count). The molecule has 0 atom stereocenters. The first kappa shape index (κ1) is 11.1. The molecule has 1 aromatic heterocycles. The van der Waals surface area contributed by atoms with Crippen molar-refractivity contribution in [3.63, 3.8) is 0 Å². The van der Waals surface area contributed by atoms with Crippen LogP contribution in [0.25, 0.3) is 0 Å². The normalized spacial score (nSPS) is 11.4. The molecule has 0 radical (unpaired) electrons. The number of nitriles is 1. The molecule has 1 heterocycles. The second kappa shape index (κ2) is 3.62. The minimum Gasteiger partial charge on any atom is -0.389 e. The van der Waals surface area contributed by atoms with Crippen LogP contribution in [-0.4, -0.2) is 0 Å². The summed E-state index contributed by atoms with van der Waals surface area (Å²) in [5.41, 5.74) is 7.64. The predicted molar refractivity (Wildman–Crippen MR) is 61.5 cm³/mol. The van der Waals surface area contributed by atoms with Gasteiger partial charge in [-0.05, 0) is 17.4 Å². The van der Waals surface area contributed by atoms with Crippen LogP contribution in [0.4, 0.5) is 5.00 Å². The summed E-state index contributed by atoms with van der Waals surface area (Å²) in [7, 11) is 0. The van der Waals surface area contributed by atoms with Crippen molar-refractivity contribution in [2.75, 3.05) is 5.73 Å². The molecule has 14 heavy (non-hydrogen) atoms. The van der Waals surface area contributed by atoms with Crippen molar-refractivity contribution in [2.24, 2.45) is 0 Å². The van der Waals surface area contributed by atoms with Gasteiger partial charge in [-0.2, -0.15) is 5.26 Å². The molecule has 0 saturated heterocycles. The van der Waals surface area contributed by atoms with Gasteiger partial charge in [0.05, 0.1) is 5.56 Å². The highest BCUT2D eigenvalue weighted by Gasteiger charge is 2.25. The minimum absolute atomic E-state index is 0.00449. The van der Waals surface area contributed by atoms with Crippen molar-refractivity contribution < 1.29 is 0 Å². The van der Waals surface area contributed by atoms with Crippen molar-refractivity contribution in [1.82, 2.24) is 0 Å². The molecule has 0 amide bonds. The highest BCUT2D eigenvalue weighted by Crippen LogP contribution is 2.38. The summed E-state index contributed by atoms with van der Waals surface area (Å²) in [4.78, 5) is 1.24. The van der Waals surface area contributed by atoms with Gasteiger partial charge in [0.2, 0.25) is 0 Å². The molecule has 0 fully saturated rings. The number of hydrogen-bond acceptors (Lipinski definition) is 3. The zero-order valence-electron chi connectivity index (χ0n) is 9.14. The first-order valence-corrected chi connectivity index (χ1v) is 5.55. The van der Waals surface area contributed by atoms with Gasteiger partial charge in [0.1, 0.15) is 11.1 Å². The van der Waals surface area contributed by atoms with Crippen LogP contribution in [0.2, 0.25) is 0 Å². The molecule has 0 aliphatic heterocycles. The Morgan fingerprint density at radius 2 is 2.00 bits per heavy atom. The van der Waals surface area contributed by atoms with Gasteiger partial charge in [0.25, 0.3) is 0 Å². The third-order valence-electron chi connectivity index (χ3n) is 2.19. The van der Waals surface area contributed by atoms with Crippen LogP contribution < -0.4 is 5.73 Å². The number of rotatable bonds is 1. The third-order valence-corrected chi connectivity index (χ3v) is 3.35. The van der Waals surface area contributed by atoms with Gasteiger partial charge < -0.3 is 5.73 Å². The lowest BCUT2D eigenvalue weighted by Crippen LogP contribution is -2.14. The summed E-state index contributed by atoms with van der Waals surface area (Å²) in [6.07, 6.45) is 0.948. The van der Waals surface area contributed by atoms with Gasteiger partial charge >= 0.3 is 0 Å². The van der Waals surface area contributed by atoms with Gasteiger partial charge in [0, 0.05) is 4.88 Å². The van der Waals surface area contributed by atoms with Crippen LogP contribution in [0.1, 0.15) is 43.7 Å². The molecular formula is C11H16N2S. The van der Waals surface area contributed by atoms with E-state index in [0.29, 0.717) is 10.6 Å². The molecule has 0 saturated carbocycles. The van der Waals surface area contributed by atoms with E-state index in [2.05, 4.69) is 33.8 Å². The van der Waals surface area contributed by atoms with Gasteiger partial charge in [-0.25, -0.2) is 0 Å². The average Bonchev–Trinajstić information content (AvgIpc) is 2.40. The van der Waals surface area contributed by atoms with Crippen molar-refractivity contribution in [1.29, 1.82) is 5.26 Å². The Morgan fingerprint density at radius 3 is 2.36 bits per heavy atom. The van der Waals surface area contributed by atoms with Crippen LogP contribution in [0.5, 0.6) is 0 Å². The molecule has 0 spiro atoms. The highest BCUT2D eigenvalue weighted by atomic mass is 32.1. The van der Waals surface area contributed by atoms with E-state index in [1.54, 1.807) is 11.3 Å². The van der Waals surface area contributed by atoms with Crippen LogP contribution in [0.15, 0.2) is 0 Å². The number of nitrogens with zero attached hydrogens (tertiary/aromatic N) is 1. The molecule has 3 heteroatoms. The predicted octanol–water partition coefficient (Wildman–Crippen LogP) is 3.06. The number of anilines is 1. The Balaban J connectivity index is 3.46. The fraction of sp³-hybridized carbons (Fsp3) is 0.545. The SMILES string of the molecule is CCc1sc(N)c(C#N)c1C(C)(C)C. The lowest BCUT2D eigenvalue weighted by molar-refractivity contribution is 0.585. The second-order valence-corrected chi connectivity index (χ2v) is 5.49. The largest absolute Gasteiger partial charge is 0.389 e. The van der Waals surface area contributed by atoms with E-state index in [0.717, 1.165) is 12.0 Å². The van der Waals surface area contributed by atoms with E-state index >= 15 is 0 Å². The van der Waals surface area contributed by atoms with Crippen LogP contribution in [-0.2, 0) is 11.8 Å². The van der Waals surface area contributed by atoms with Crippen molar-refractivity contribution in [3.8, 4) is 6.07 Å². The Morgan fingerprint density at radius 1 is 1.43 bits per heavy atom. The van der Waals surface area contributed by atoms with E-state index in [-0.39, 0.29) is 5.41 Å². The van der Waals surface area contributed by atoms with E-state index in [1.807, 2.05) is 0 Å². The van der Waals surface area contributed by atoms with E-state index in [9.17, 15) is 0 Å². The summed E-state index contributed by atoms with van der Waals surface area (Å²) in [5, 5.41) is 9.71. The summed E-state index contributed by atoms with van der Waals surface area (Å²) >= 11 is 1.55. The summed E-state index contributed by atoms with van der Waals surface area (Å²) in [5.74, 6) is 0. The van der Waals surface area contributed by atoms with E-state index in [4.69, 9.17) is 11.0 Å². The van der Waals surface area contributed by atoms with E-state index in [1.165, 1.54) is 4.88 Å². The molecule has 0 bridgehead atoms. The quantitative estimate of drug-likeness (QED) is 0.771. The fourth-order valence-corrected chi connectivity index (χ4v) is 2.82. The number of hydrogen-bond donors (Lipinski definition) is 1. The van der Waals surface area contributed by atoms with Crippen molar-refractivity contribution in [2.45, 2.75) is 39.5 Å². The zero-order chi connectivity index (χ0) is 10.9. The summed E-state index contributed by atoms with van der Waals surface area (Å²) in [6.45, 7) is 8.46. The summed E-state index contributed by atoms with van der Waals surface area (Å²) < 4.78 is 0. The molecule has 2 nitrogen and oxygen atoms in total. The standard InChI is InChI=1S/C11H16N2S/c1-5-8-9(11(2,3)4)7(6-12)10(13)14-8/h5,13H2,1-4H3. The molecule has 2 N–H and O–H groups in total. The number of thiophene rings is 1. The fourth-order valence-electron chi connectivity index (χ4n) is 1.65. The molecule has 0 aromatic carbocycles. The Hall–Kier alpha value is -1.01. The highest BCUT2D eigenvalue weighted by molar-refractivity contribution is 7.16. The first-order valence-electron chi connectivity index (χ1n) is 4.73. The van der Waals surface area contributed by atoms with Crippen LogP contribution in [0.3, 0.4) is 0 Å². The number of nitrogen functional groups attached to an aromatic ring is 1. The monoisotopic (exact) mass is 208 g/mol. The lowest BCUT2D eigenvalue weighted by Gasteiger charge is -2.19. The Labute approximate surface area is 89.4 Å². The number of aryl methyl sites for hydroxylation is 1. The zero-order valence-corrected chi connectivity index (χ0v) is 9.96. The smallest absolute Gasteiger partial charge is 0.104 e. The van der Waals surface area contributed by atoms with Crippen molar-refractivity contribution >= 4 is 16.3 Å². The lowest BCUT2D eigenvalue weighted by atomic mass is 9.84. The van der Waals surface area contributed by atoms with Crippen LogP contribution >= 0.6 is 11.3 Å². The molecule has 0 aliphatic carbocycles. The first-order chi connectivity index (χ1) is 6.41. The molecule has 0 aliphatic rings. The Kier molecular flexibility index (Phi) is 2.86. The topological polar surface area (TPSA) is 49.8 Å². The maximum Gasteiger partial charge on any atom is 0.104 e. The summed E-state index contributed by atoms with van der Waals surface area (Å²) in [6, 6.07) is 2.21. The molecular weight excluding hydrogens is 192 g/mol. The van der Waals surface area contributed by atoms with Crippen LogP contribution in [0, 0.1) is 11.3 Å². The van der Waals surface area contributed by atoms with Gasteiger partial charge in [0.15, 0.2) is 0 Å². The van der Waals surface area contributed by atoms with Gasteiger partial charge in [-0.15, -0.1) is 11.3 Å². The van der Waals surface area contributed by atoms with Crippen molar-refractivity contribution in [3.05, 3.63) is 16.0 Å². The Bertz CT molecular complexity index is 377.